The van der Waals surface area contributed by atoms with Gasteiger partial charge in [-0.25, -0.2) is 4.79 Å². The predicted molar refractivity (Wildman–Crippen MR) is 105 cm³/mol. The molecule has 0 bridgehead atoms. The molecule has 2 nitrogen and oxygen atoms in total. The lowest BCUT2D eigenvalue weighted by Crippen LogP contribution is -2.02. The van der Waals surface area contributed by atoms with Crippen molar-refractivity contribution in [1.82, 2.24) is 0 Å². The van der Waals surface area contributed by atoms with E-state index >= 15 is 0 Å². The summed E-state index contributed by atoms with van der Waals surface area (Å²) >= 11 is 3.34. The molecule has 0 saturated heterocycles. The van der Waals surface area contributed by atoms with Gasteiger partial charge in [0.25, 0.3) is 0 Å². The van der Waals surface area contributed by atoms with Gasteiger partial charge in [-0.3, -0.25) is 0 Å². The molecular formula is C20H26O2S2. The maximum Gasteiger partial charge on any atom is 0.348 e. The van der Waals surface area contributed by atoms with E-state index < -0.39 is 0 Å². The lowest BCUT2D eigenvalue weighted by Gasteiger charge is -1.99. The molecule has 0 N–H and O–H groups in total. The van der Waals surface area contributed by atoms with E-state index in [1.165, 1.54) is 59.6 Å². The first-order valence-corrected chi connectivity index (χ1v) is 10.3. The van der Waals surface area contributed by atoms with E-state index in [1.54, 1.807) is 6.08 Å². The van der Waals surface area contributed by atoms with E-state index in [0.29, 0.717) is 4.88 Å². The van der Waals surface area contributed by atoms with Crippen molar-refractivity contribution < 1.29 is 9.53 Å². The molecule has 130 valence electrons. The number of hydrogen-bond donors (Lipinski definition) is 0. The normalized spacial score (nSPS) is 10.7. The Balaban J connectivity index is 1.83. The minimum absolute atomic E-state index is 0.257. The van der Waals surface area contributed by atoms with E-state index in [2.05, 4.69) is 25.6 Å². The molecule has 0 aliphatic rings. The molecule has 0 saturated carbocycles. The number of carbonyl (C=O) groups is 1. The fourth-order valence-corrected chi connectivity index (χ4v) is 4.55. The van der Waals surface area contributed by atoms with Crippen LogP contribution in [0.2, 0.25) is 0 Å². The van der Waals surface area contributed by atoms with Crippen molar-refractivity contribution in [1.29, 1.82) is 0 Å². The Labute approximate surface area is 153 Å². The van der Waals surface area contributed by atoms with Gasteiger partial charge in [-0.05, 0) is 37.1 Å². The van der Waals surface area contributed by atoms with Crippen LogP contribution in [0.1, 0.15) is 60.0 Å². The van der Waals surface area contributed by atoms with Crippen LogP contribution in [0, 0.1) is 0 Å². The van der Waals surface area contributed by atoms with Crippen LogP contribution < -0.4 is 0 Å². The largest absolute Gasteiger partial charge is 0.457 e. The highest BCUT2D eigenvalue weighted by atomic mass is 32.1. The first kappa shape index (κ1) is 18.9. The summed E-state index contributed by atoms with van der Waals surface area (Å²) in [6.07, 6.45) is 10.7. The van der Waals surface area contributed by atoms with E-state index in [4.69, 9.17) is 4.74 Å². The Morgan fingerprint density at radius 3 is 2.54 bits per heavy atom. The van der Waals surface area contributed by atoms with Gasteiger partial charge in [-0.15, -0.1) is 22.7 Å². The van der Waals surface area contributed by atoms with Crippen molar-refractivity contribution in [3.63, 3.8) is 0 Å². The summed E-state index contributed by atoms with van der Waals surface area (Å²) in [5.41, 5.74) is 0. The summed E-state index contributed by atoms with van der Waals surface area (Å²) in [6, 6.07) is 8.25. The van der Waals surface area contributed by atoms with Crippen molar-refractivity contribution in [3.8, 4) is 9.75 Å². The standard InChI is InChI=1S/C20H26O2S2/c1-3-5-6-7-8-9-10-16-11-12-17(23-16)18-13-14-19(24-18)20(21)22-15-4-2/h4,11-14H,2-3,5-10,15H2,1H3. The van der Waals surface area contributed by atoms with Crippen LogP contribution in [-0.2, 0) is 11.2 Å². The molecule has 0 radical (unpaired) electrons. The third-order valence-corrected chi connectivity index (χ3v) is 6.23. The molecule has 0 aliphatic carbocycles. The number of unbranched alkanes of at least 4 members (excludes halogenated alkanes) is 5. The number of thiophene rings is 2. The van der Waals surface area contributed by atoms with Gasteiger partial charge >= 0.3 is 5.97 Å². The summed E-state index contributed by atoms with van der Waals surface area (Å²) < 4.78 is 5.08. The molecule has 2 aromatic heterocycles. The van der Waals surface area contributed by atoms with Gasteiger partial charge in [0.15, 0.2) is 0 Å². The second-order valence-corrected chi connectivity index (χ2v) is 8.09. The molecule has 2 rings (SSSR count). The molecule has 4 heteroatoms. The van der Waals surface area contributed by atoms with Gasteiger partial charge in [0.2, 0.25) is 0 Å². The fraction of sp³-hybridized carbons (Fsp3) is 0.450. The zero-order valence-electron chi connectivity index (χ0n) is 14.4. The van der Waals surface area contributed by atoms with E-state index in [0.717, 1.165) is 11.3 Å². The van der Waals surface area contributed by atoms with Gasteiger partial charge in [-0.2, -0.15) is 0 Å². The lowest BCUT2D eigenvalue weighted by atomic mass is 10.1. The van der Waals surface area contributed by atoms with Gasteiger partial charge in [0, 0.05) is 14.6 Å². The molecule has 0 aromatic carbocycles. The monoisotopic (exact) mass is 362 g/mol. The summed E-state index contributed by atoms with van der Waals surface area (Å²) in [5, 5.41) is 0. The van der Waals surface area contributed by atoms with Crippen LogP contribution >= 0.6 is 22.7 Å². The Morgan fingerprint density at radius 2 is 1.75 bits per heavy atom. The SMILES string of the molecule is C=CCOC(=O)c1ccc(-c2ccc(CCCCCCCC)s2)s1. The number of esters is 1. The number of hydrogen-bond acceptors (Lipinski definition) is 4. The number of aryl methyl sites for hydroxylation is 1. The lowest BCUT2D eigenvalue weighted by molar-refractivity contribution is 0.0555. The minimum Gasteiger partial charge on any atom is -0.457 e. The van der Waals surface area contributed by atoms with Crippen molar-refractivity contribution in [3.05, 3.63) is 46.7 Å². The van der Waals surface area contributed by atoms with E-state index in [-0.39, 0.29) is 12.6 Å². The van der Waals surface area contributed by atoms with Crippen molar-refractivity contribution >= 4 is 28.6 Å². The zero-order chi connectivity index (χ0) is 17.2. The van der Waals surface area contributed by atoms with Gasteiger partial charge in [0.1, 0.15) is 11.5 Å². The van der Waals surface area contributed by atoms with Gasteiger partial charge in [-0.1, -0.05) is 51.7 Å². The maximum absolute atomic E-state index is 11.8. The van der Waals surface area contributed by atoms with Crippen LogP contribution in [-0.4, -0.2) is 12.6 Å². The molecule has 0 fully saturated rings. The van der Waals surface area contributed by atoms with Crippen molar-refractivity contribution in [2.75, 3.05) is 6.61 Å². The zero-order valence-corrected chi connectivity index (χ0v) is 16.0. The minimum atomic E-state index is -0.269. The first-order chi connectivity index (χ1) is 11.7. The quantitative estimate of drug-likeness (QED) is 0.252. The van der Waals surface area contributed by atoms with Crippen molar-refractivity contribution in [2.45, 2.75) is 51.9 Å². The molecule has 0 amide bonds. The average Bonchev–Trinajstić information content (AvgIpc) is 3.24. The molecule has 24 heavy (non-hydrogen) atoms. The molecule has 0 spiro atoms. The smallest absolute Gasteiger partial charge is 0.348 e. The Morgan fingerprint density at radius 1 is 1.04 bits per heavy atom. The third kappa shape index (κ3) is 5.91. The summed E-state index contributed by atoms with van der Waals surface area (Å²) in [5.74, 6) is -0.269. The van der Waals surface area contributed by atoms with Crippen molar-refractivity contribution in [2.24, 2.45) is 0 Å². The highest BCUT2D eigenvalue weighted by Crippen LogP contribution is 2.34. The van der Waals surface area contributed by atoms with Crippen LogP contribution in [0.3, 0.4) is 0 Å². The summed E-state index contributed by atoms with van der Waals surface area (Å²) in [4.78, 5) is 16.3. The molecule has 2 heterocycles. The van der Waals surface area contributed by atoms with Crippen LogP contribution in [0.5, 0.6) is 0 Å². The second-order valence-electron chi connectivity index (χ2n) is 5.83. The number of rotatable bonds is 11. The molecule has 0 aliphatic heterocycles. The van der Waals surface area contributed by atoms with Crippen LogP contribution in [0.15, 0.2) is 36.9 Å². The highest BCUT2D eigenvalue weighted by molar-refractivity contribution is 7.23. The third-order valence-electron chi connectivity index (χ3n) is 3.82. The molecule has 2 aromatic rings. The second kappa shape index (κ2) is 10.5. The molecule has 0 atom stereocenters. The van der Waals surface area contributed by atoms with Crippen LogP contribution in [0.4, 0.5) is 0 Å². The fourth-order valence-electron chi connectivity index (χ4n) is 2.51. The molecular weight excluding hydrogens is 336 g/mol. The highest BCUT2D eigenvalue weighted by Gasteiger charge is 2.12. The Bertz CT molecular complexity index is 640. The number of carbonyl (C=O) groups excluding carboxylic acids is 1. The topological polar surface area (TPSA) is 26.3 Å². The first-order valence-electron chi connectivity index (χ1n) is 8.71. The maximum atomic E-state index is 11.8. The van der Waals surface area contributed by atoms with Crippen LogP contribution in [0.25, 0.3) is 9.75 Å². The molecule has 0 unspecified atom stereocenters. The van der Waals surface area contributed by atoms with Gasteiger partial charge < -0.3 is 4.74 Å². The Kier molecular flexibility index (Phi) is 8.26. The van der Waals surface area contributed by atoms with E-state index in [1.807, 2.05) is 23.5 Å². The summed E-state index contributed by atoms with van der Waals surface area (Å²) in [7, 11) is 0. The Hall–Kier alpha value is -1.39. The average molecular weight is 363 g/mol. The van der Waals surface area contributed by atoms with Gasteiger partial charge in [0.05, 0.1) is 0 Å². The summed E-state index contributed by atoms with van der Waals surface area (Å²) in [6.45, 7) is 6.06. The van der Waals surface area contributed by atoms with E-state index in [9.17, 15) is 4.79 Å². The predicted octanol–water partition coefficient (Wildman–Crippen LogP) is 6.72. The number of ether oxygens (including phenoxy) is 1.